The van der Waals surface area contributed by atoms with Crippen molar-refractivity contribution in [3.05, 3.63) is 71.3 Å². The van der Waals surface area contributed by atoms with Gasteiger partial charge in [0, 0.05) is 24.5 Å². The van der Waals surface area contributed by atoms with Crippen LogP contribution in [0.2, 0.25) is 0 Å². The van der Waals surface area contributed by atoms with E-state index in [9.17, 15) is 61.9 Å². The van der Waals surface area contributed by atoms with Crippen LogP contribution in [0.25, 0.3) is 11.1 Å². The Bertz CT molecular complexity index is 1200. The van der Waals surface area contributed by atoms with Crippen molar-refractivity contribution in [2.45, 2.75) is 62.0 Å². The molecular formula is C25H19F13O2. The lowest BCUT2D eigenvalue weighted by molar-refractivity contribution is -0.396. The summed E-state index contributed by atoms with van der Waals surface area (Å²) in [6.07, 6.45) is -11.7. The summed E-state index contributed by atoms with van der Waals surface area (Å²) in [7, 11) is 0. The lowest BCUT2D eigenvalue weighted by Crippen LogP contribution is -2.67. The second-order valence-corrected chi connectivity index (χ2v) is 8.79. The molecule has 0 fully saturated rings. The monoisotopic (exact) mass is 598 g/mol. The Hall–Kier alpha value is -3.26. The molecule has 0 atom stereocenters. The van der Waals surface area contributed by atoms with E-state index in [1.807, 2.05) is 0 Å². The van der Waals surface area contributed by atoms with Crippen LogP contribution in [0, 0.1) is 0 Å². The highest BCUT2D eigenvalue weighted by molar-refractivity contribution is 5.86. The van der Waals surface area contributed by atoms with Crippen molar-refractivity contribution in [3.8, 4) is 11.1 Å². The maximum absolute atomic E-state index is 13.3. The van der Waals surface area contributed by atoms with Crippen molar-refractivity contribution in [2.24, 2.45) is 0 Å². The van der Waals surface area contributed by atoms with E-state index < -0.39 is 66.2 Å². The molecular weight excluding hydrogens is 579 g/mol. The van der Waals surface area contributed by atoms with Crippen LogP contribution in [0.5, 0.6) is 0 Å². The van der Waals surface area contributed by atoms with E-state index in [4.69, 9.17) is 5.11 Å². The van der Waals surface area contributed by atoms with Gasteiger partial charge in [-0.05, 0) is 35.6 Å². The van der Waals surface area contributed by atoms with Crippen LogP contribution in [0.4, 0.5) is 57.1 Å². The standard InChI is InChI=1S/C13H10.C12H9F13O2/c1-3-7-12-10(5-1)9-11-6-2-4-8-13(11)12;1-5(6(26)27)4-8(15,16)11(22,23)12(24,25)10(20,21)7(13,14)2-3-9(17,18)19/h1-8H,9H2;4H,2-3H2,1H3,(H,26,27). The molecule has 0 saturated heterocycles. The molecule has 0 aromatic heterocycles. The summed E-state index contributed by atoms with van der Waals surface area (Å²) in [4.78, 5) is 10.3. The lowest BCUT2D eigenvalue weighted by atomic mass is 9.91. The largest absolute Gasteiger partial charge is 0.478 e. The van der Waals surface area contributed by atoms with Gasteiger partial charge in [-0.2, -0.15) is 57.1 Å². The summed E-state index contributed by atoms with van der Waals surface area (Å²) < 4.78 is 168. The van der Waals surface area contributed by atoms with E-state index in [1.165, 1.54) is 22.3 Å². The normalized spacial score (nSPS) is 14.7. The van der Waals surface area contributed by atoms with Crippen molar-refractivity contribution in [1.29, 1.82) is 0 Å². The van der Waals surface area contributed by atoms with Crippen LogP contribution in [-0.2, 0) is 11.2 Å². The fraction of sp³-hybridized carbons (Fsp3) is 0.400. The fourth-order valence-corrected chi connectivity index (χ4v) is 3.60. The van der Waals surface area contributed by atoms with Crippen molar-refractivity contribution >= 4 is 5.97 Å². The Morgan fingerprint density at radius 3 is 1.52 bits per heavy atom. The Morgan fingerprint density at radius 1 is 0.700 bits per heavy atom. The van der Waals surface area contributed by atoms with Crippen molar-refractivity contribution in [3.63, 3.8) is 0 Å². The lowest BCUT2D eigenvalue weighted by Gasteiger charge is -2.39. The van der Waals surface area contributed by atoms with Crippen LogP contribution in [-0.4, -0.2) is 46.9 Å². The third-order valence-electron chi connectivity index (χ3n) is 5.83. The van der Waals surface area contributed by atoms with Gasteiger partial charge in [-0.15, -0.1) is 0 Å². The Balaban J connectivity index is 0.000000349. The minimum Gasteiger partial charge on any atom is -0.478 e. The van der Waals surface area contributed by atoms with Crippen LogP contribution in [0.15, 0.2) is 60.2 Å². The number of hydrogen-bond donors (Lipinski definition) is 1. The molecule has 2 aromatic rings. The van der Waals surface area contributed by atoms with E-state index in [1.54, 1.807) is 0 Å². The fourth-order valence-electron chi connectivity index (χ4n) is 3.60. The second kappa shape index (κ2) is 11.0. The molecule has 0 unspecified atom stereocenters. The van der Waals surface area contributed by atoms with Crippen molar-refractivity contribution < 1.29 is 67.0 Å². The summed E-state index contributed by atoms with van der Waals surface area (Å²) in [6, 6.07) is 17.3. The zero-order chi connectivity index (χ0) is 30.9. The zero-order valence-corrected chi connectivity index (χ0v) is 20.1. The SMILES string of the molecule is CC(=CC(F)(F)C(F)(F)C(F)(F)C(F)(F)C(F)(F)CCC(F)(F)F)C(=O)O.c1ccc2c(c1)Cc1ccccc1-2. The molecule has 0 saturated carbocycles. The molecule has 1 N–H and O–H groups in total. The average Bonchev–Trinajstić information content (AvgIpc) is 3.21. The van der Waals surface area contributed by atoms with Gasteiger partial charge in [0.25, 0.3) is 0 Å². The van der Waals surface area contributed by atoms with Crippen LogP contribution in [0.3, 0.4) is 0 Å². The summed E-state index contributed by atoms with van der Waals surface area (Å²) in [6.45, 7) is 0.181. The number of halogens is 13. The predicted octanol–water partition coefficient (Wildman–Crippen LogP) is 8.79. The maximum Gasteiger partial charge on any atom is 0.389 e. The molecule has 1 aliphatic rings. The Labute approximate surface area is 218 Å². The maximum atomic E-state index is 13.3. The van der Waals surface area contributed by atoms with E-state index in [2.05, 4.69) is 48.5 Å². The molecule has 0 amide bonds. The first-order valence-corrected chi connectivity index (χ1v) is 11.0. The summed E-state index contributed by atoms with van der Waals surface area (Å²) in [5, 5.41) is 8.24. The molecule has 0 spiro atoms. The Morgan fingerprint density at radius 2 is 1.12 bits per heavy atom. The molecule has 2 aromatic carbocycles. The third-order valence-corrected chi connectivity index (χ3v) is 5.83. The number of allylic oxidation sites excluding steroid dienone is 1. The van der Waals surface area contributed by atoms with Gasteiger partial charge in [-0.25, -0.2) is 4.79 Å². The molecule has 15 heteroatoms. The number of carbonyl (C=O) groups is 1. The number of carboxylic acids is 1. The molecule has 3 rings (SSSR count). The summed E-state index contributed by atoms with van der Waals surface area (Å²) in [5.74, 6) is -37.4. The topological polar surface area (TPSA) is 37.3 Å². The van der Waals surface area contributed by atoms with Gasteiger partial charge in [0.2, 0.25) is 0 Å². The number of rotatable bonds is 8. The van der Waals surface area contributed by atoms with E-state index in [0.717, 1.165) is 6.42 Å². The van der Waals surface area contributed by atoms with Crippen LogP contribution >= 0.6 is 0 Å². The number of alkyl halides is 13. The minimum absolute atomic E-state index is 0.181. The van der Waals surface area contributed by atoms with Gasteiger partial charge in [-0.1, -0.05) is 48.5 Å². The molecule has 1 aliphatic carbocycles. The predicted molar refractivity (Wildman–Crippen MR) is 116 cm³/mol. The smallest absolute Gasteiger partial charge is 0.389 e. The molecule has 40 heavy (non-hydrogen) atoms. The molecule has 0 heterocycles. The first kappa shape index (κ1) is 32.9. The minimum atomic E-state index is -7.56. The molecule has 2 nitrogen and oxygen atoms in total. The van der Waals surface area contributed by atoms with Gasteiger partial charge in [0.15, 0.2) is 0 Å². The van der Waals surface area contributed by atoms with Crippen molar-refractivity contribution in [2.75, 3.05) is 0 Å². The van der Waals surface area contributed by atoms with Gasteiger partial charge < -0.3 is 5.11 Å². The molecule has 0 radical (unpaired) electrons. The van der Waals surface area contributed by atoms with E-state index >= 15 is 0 Å². The highest BCUT2D eigenvalue weighted by Gasteiger charge is 2.85. The zero-order valence-electron chi connectivity index (χ0n) is 20.1. The number of benzene rings is 2. The average molecular weight is 598 g/mol. The van der Waals surface area contributed by atoms with Crippen molar-refractivity contribution in [1.82, 2.24) is 0 Å². The summed E-state index contributed by atoms with van der Waals surface area (Å²) in [5.41, 5.74) is 4.03. The number of hydrogen-bond acceptors (Lipinski definition) is 1. The Kier molecular flexibility index (Phi) is 9.03. The number of aliphatic carboxylic acids is 1. The molecule has 0 bridgehead atoms. The van der Waals surface area contributed by atoms with Crippen LogP contribution in [0.1, 0.15) is 30.9 Å². The first-order chi connectivity index (χ1) is 18.0. The van der Waals surface area contributed by atoms with Crippen LogP contribution < -0.4 is 0 Å². The number of fused-ring (bicyclic) bond motifs is 3. The van der Waals surface area contributed by atoms with Gasteiger partial charge >= 0.3 is 41.8 Å². The summed E-state index contributed by atoms with van der Waals surface area (Å²) >= 11 is 0. The molecule has 222 valence electrons. The third kappa shape index (κ3) is 6.38. The van der Waals surface area contributed by atoms with Gasteiger partial charge in [0.05, 0.1) is 0 Å². The highest BCUT2D eigenvalue weighted by Crippen LogP contribution is 2.58. The quantitative estimate of drug-likeness (QED) is 0.208. The second-order valence-electron chi connectivity index (χ2n) is 8.79. The van der Waals surface area contributed by atoms with Gasteiger partial charge in [-0.3, -0.25) is 0 Å². The van der Waals surface area contributed by atoms with Gasteiger partial charge in [0.1, 0.15) is 0 Å². The highest BCUT2D eigenvalue weighted by atomic mass is 19.4. The number of carboxylic acid groups (broad SMARTS) is 1. The van der Waals surface area contributed by atoms with E-state index in [-0.39, 0.29) is 6.92 Å². The molecule has 0 aliphatic heterocycles. The van der Waals surface area contributed by atoms with E-state index in [0.29, 0.717) is 0 Å². The first-order valence-electron chi connectivity index (χ1n) is 11.0.